The van der Waals surface area contributed by atoms with Gasteiger partial charge in [0.2, 0.25) is 5.91 Å². The molecule has 0 atom stereocenters. The Morgan fingerprint density at radius 1 is 1.24 bits per heavy atom. The summed E-state index contributed by atoms with van der Waals surface area (Å²) in [6, 6.07) is 9.65. The molecule has 0 fully saturated rings. The first kappa shape index (κ1) is 16.9. The summed E-state index contributed by atoms with van der Waals surface area (Å²) in [5.74, 6) is -1.39. The molecule has 0 radical (unpaired) electrons. The molecule has 2 aromatic carbocycles. The molecule has 1 amide bonds. The van der Waals surface area contributed by atoms with E-state index in [1.54, 1.807) is 7.11 Å². The highest BCUT2D eigenvalue weighted by atomic mass is 19.2. The molecule has 1 N–H and O–H groups in total. The smallest absolute Gasteiger partial charge is 0.240 e. The van der Waals surface area contributed by atoms with Crippen LogP contribution in [0.5, 0.6) is 5.75 Å². The van der Waals surface area contributed by atoms with Crippen molar-refractivity contribution in [2.45, 2.75) is 13.0 Å². The molecular weight excluding hydrogens is 328 g/mol. The maximum absolute atomic E-state index is 13.4. The number of ether oxygens (including phenoxy) is 1. The lowest BCUT2D eigenvalue weighted by Gasteiger charge is -2.09. The maximum Gasteiger partial charge on any atom is 0.240 e. The van der Waals surface area contributed by atoms with E-state index in [9.17, 15) is 13.6 Å². The molecule has 3 aromatic rings. The molecule has 7 heteroatoms. The minimum Gasteiger partial charge on any atom is -0.496 e. The summed E-state index contributed by atoms with van der Waals surface area (Å²) in [5, 5.41) is 2.80. The number of carbonyl (C=O) groups is 1. The zero-order chi connectivity index (χ0) is 17.8. The number of hydrogen-bond donors (Lipinski definition) is 1. The van der Waals surface area contributed by atoms with Crippen molar-refractivity contribution in [1.82, 2.24) is 14.9 Å². The minimum absolute atomic E-state index is 0.0203. The van der Waals surface area contributed by atoms with Gasteiger partial charge >= 0.3 is 0 Å². The van der Waals surface area contributed by atoms with E-state index in [1.165, 1.54) is 10.9 Å². The van der Waals surface area contributed by atoms with Crippen molar-refractivity contribution in [2.24, 2.45) is 0 Å². The second kappa shape index (κ2) is 7.29. The van der Waals surface area contributed by atoms with Crippen molar-refractivity contribution in [3.8, 4) is 5.75 Å². The Labute approximate surface area is 143 Å². The summed E-state index contributed by atoms with van der Waals surface area (Å²) in [4.78, 5) is 16.1. The number of methoxy groups -OCH3 is 1. The number of imidazole rings is 1. The SMILES string of the molecule is COc1ccccc1CCNC(=O)Cn1cnc2cc(F)c(F)cc21. The van der Waals surface area contributed by atoms with Crippen molar-refractivity contribution in [1.29, 1.82) is 0 Å². The number of benzene rings is 2. The first-order valence-electron chi connectivity index (χ1n) is 7.77. The number of rotatable bonds is 6. The van der Waals surface area contributed by atoms with Crippen molar-refractivity contribution < 1.29 is 18.3 Å². The second-order valence-electron chi connectivity index (χ2n) is 5.54. The van der Waals surface area contributed by atoms with Crippen LogP contribution in [0.2, 0.25) is 0 Å². The molecule has 0 spiro atoms. The standard InChI is InChI=1S/C18H17F2N3O2/c1-25-17-5-3-2-4-12(17)6-7-21-18(24)10-23-11-22-15-8-13(19)14(20)9-16(15)23/h2-5,8-9,11H,6-7,10H2,1H3,(H,21,24). The van der Waals surface area contributed by atoms with E-state index in [-0.39, 0.29) is 12.5 Å². The fraction of sp³-hybridized carbons (Fsp3) is 0.222. The van der Waals surface area contributed by atoms with Gasteiger partial charge < -0.3 is 14.6 Å². The predicted octanol–water partition coefficient (Wildman–Crippen LogP) is 2.68. The van der Waals surface area contributed by atoms with Crippen LogP contribution in [0.3, 0.4) is 0 Å². The topological polar surface area (TPSA) is 56.1 Å². The Bertz CT molecular complexity index is 908. The zero-order valence-corrected chi connectivity index (χ0v) is 13.6. The minimum atomic E-state index is -0.967. The van der Waals surface area contributed by atoms with Crippen molar-refractivity contribution in [3.63, 3.8) is 0 Å². The Hall–Kier alpha value is -2.96. The predicted molar refractivity (Wildman–Crippen MR) is 89.4 cm³/mol. The van der Waals surface area contributed by atoms with E-state index in [0.717, 1.165) is 23.4 Å². The number of amides is 1. The Morgan fingerprint density at radius 3 is 2.80 bits per heavy atom. The van der Waals surface area contributed by atoms with Gasteiger partial charge in [0.25, 0.3) is 0 Å². The number of carbonyl (C=O) groups excluding carboxylic acids is 1. The summed E-state index contributed by atoms with van der Waals surface area (Å²) in [6.07, 6.45) is 2.02. The van der Waals surface area contributed by atoms with E-state index in [4.69, 9.17) is 4.74 Å². The molecule has 0 saturated heterocycles. The van der Waals surface area contributed by atoms with Gasteiger partial charge in [-0.3, -0.25) is 4.79 Å². The summed E-state index contributed by atoms with van der Waals surface area (Å²) in [6.45, 7) is 0.419. The van der Waals surface area contributed by atoms with E-state index in [1.807, 2.05) is 24.3 Å². The lowest BCUT2D eigenvalue weighted by molar-refractivity contribution is -0.121. The molecule has 0 bridgehead atoms. The first-order valence-corrected chi connectivity index (χ1v) is 7.77. The molecule has 3 rings (SSSR count). The third-order valence-corrected chi connectivity index (χ3v) is 3.89. The van der Waals surface area contributed by atoms with Gasteiger partial charge in [-0.2, -0.15) is 0 Å². The van der Waals surface area contributed by atoms with Gasteiger partial charge in [-0.1, -0.05) is 18.2 Å². The summed E-state index contributed by atoms with van der Waals surface area (Å²) in [5.41, 5.74) is 1.68. The lowest BCUT2D eigenvalue weighted by atomic mass is 10.1. The number of aromatic nitrogens is 2. The van der Waals surface area contributed by atoms with Gasteiger partial charge in [0.1, 0.15) is 12.3 Å². The molecule has 0 aliphatic rings. The summed E-state index contributed by atoms with van der Waals surface area (Å²) in [7, 11) is 1.60. The third-order valence-electron chi connectivity index (χ3n) is 3.89. The highest BCUT2D eigenvalue weighted by Gasteiger charge is 2.11. The lowest BCUT2D eigenvalue weighted by Crippen LogP contribution is -2.29. The molecule has 0 aliphatic heterocycles. The van der Waals surface area contributed by atoms with Crippen molar-refractivity contribution in [2.75, 3.05) is 13.7 Å². The molecule has 0 unspecified atom stereocenters. The fourth-order valence-corrected chi connectivity index (χ4v) is 2.64. The van der Waals surface area contributed by atoms with Crippen LogP contribution in [0.4, 0.5) is 8.78 Å². The van der Waals surface area contributed by atoms with E-state index >= 15 is 0 Å². The van der Waals surface area contributed by atoms with E-state index in [2.05, 4.69) is 10.3 Å². The monoisotopic (exact) mass is 345 g/mol. The highest BCUT2D eigenvalue weighted by molar-refractivity contribution is 5.80. The van der Waals surface area contributed by atoms with Crippen LogP contribution in [0, 0.1) is 11.6 Å². The van der Waals surface area contributed by atoms with Gasteiger partial charge in [0.05, 0.1) is 24.5 Å². The largest absolute Gasteiger partial charge is 0.496 e. The van der Waals surface area contributed by atoms with Crippen molar-refractivity contribution in [3.05, 3.63) is 59.9 Å². The number of nitrogens with zero attached hydrogens (tertiary/aromatic N) is 2. The molecular formula is C18H17F2N3O2. The van der Waals surface area contributed by atoms with Crippen LogP contribution in [-0.2, 0) is 17.8 Å². The molecule has 130 valence electrons. The van der Waals surface area contributed by atoms with Crippen LogP contribution < -0.4 is 10.1 Å². The van der Waals surface area contributed by atoms with Gasteiger partial charge in [0, 0.05) is 18.7 Å². The van der Waals surface area contributed by atoms with Crippen LogP contribution in [0.15, 0.2) is 42.7 Å². The quantitative estimate of drug-likeness (QED) is 0.747. The molecule has 5 nitrogen and oxygen atoms in total. The first-order chi connectivity index (χ1) is 12.1. The zero-order valence-electron chi connectivity index (χ0n) is 13.6. The second-order valence-corrected chi connectivity index (χ2v) is 5.54. The number of para-hydroxylation sites is 1. The van der Waals surface area contributed by atoms with Crippen molar-refractivity contribution >= 4 is 16.9 Å². The van der Waals surface area contributed by atoms with Gasteiger partial charge in [0.15, 0.2) is 11.6 Å². The van der Waals surface area contributed by atoms with E-state index < -0.39 is 11.6 Å². The number of halogens is 2. The molecule has 25 heavy (non-hydrogen) atoms. The number of nitrogens with one attached hydrogen (secondary N) is 1. The van der Waals surface area contributed by atoms with Crippen LogP contribution >= 0.6 is 0 Å². The molecule has 1 aromatic heterocycles. The normalized spacial score (nSPS) is 10.8. The Morgan fingerprint density at radius 2 is 2.00 bits per heavy atom. The average Bonchev–Trinajstić information content (AvgIpc) is 2.97. The van der Waals surface area contributed by atoms with Gasteiger partial charge in [-0.05, 0) is 18.1 Å². The van der Waals surface area contributed by atoms with Gasteiger partial charge in [-0.25, -0.2) is 13.8 Å². The average molecular weight is 345 g/mol. The molecule has 0 saturated carbocycles. The maximum atomic E-state index is 13.4. The Kier molecular flexibility index (Phi) is 4.92. The van der Waals surface area contributed by atoms with E-state index in [0.29, 0.717) is 24.0 Å². The van der Waals surface area contributed by atoms with Crippen LogP contribution in [0.25, 0.3) is 11.0 Å². The Balaban J connectivity index is 1.61. The molecule has 0 aliphatic carbocycles. The number of fused-ring (bicyclic) bond motifs is 1. The molecule has 1 heterocycles. The van der Waals surface area contributed by atoms with Crippen LogP contribution in [0.1, 0.15) is 5.56 Å². The van der Waals surface area contributed by atoms with Gasteiger partial charge in [-0.15, -0.1) is 0 Å². The highest BCUT2D eigenvalue weighted by Crippen LogP contribution is 2.18. The fourth-order valence-electron chi connectivity index (χ4n) is 2.64. The number of hydrogen-bond acceptors (Lipinski definition) is 3. The summed E-state index contributed by atoms with van der Waals surface area (Å²) < 4.78 is 33.3. The summed E-state index contributed by atoms with van der Waals surface area (Å²) >= 11 is 0. The third kappa shape index (κ3) is 3.76. The van der Waals surface area contributed by atoms with Crippen LogP contribution in [-0.4, -0.2) is 29.1 Å².